The number of nitrogens with one attached hydrogen (secondary N) is 2. The van der Waals surface area contributed by atoms with Gasteiger partial charge >= 0.3 is 0 Å². The van der Waals surface area contributed by atoms with Gasteiger partial charge < -0.3 is 15.2 Å². The maximum atomic E-state index is 13.1. The number of aryl methyl sites for hydroxylation is 1. The zero-order chi connectivity index (χ0) is 25.6. The Hall–Kier alpha value is -3.06. The molecule has 0 bridgehead atoms. The lowest BCUT2D eigenvalue weighted by molar-refractivity contribution is 0.102. The van der Waals surface area contributed by atoms with Crippen LogP contribution in [0.1, 0.15) is 29.8 Å². The molecular weight excluding hydrogens is 493 g/mol. The lowest BCUT2D eigenvalue weighted by atomic mass is 10.1. The summed E-state index contributed by atoms with van der Waals surface area (Å²) >= 11 is 13.1. The summed E-state index contributed by atoms with van der Waals surface area (Å²) in [5.74, 6) is 0.370. The number of piperazine rings is 1. The number of rotatable bonds is 4. The van der Waals surface area contributed by atoms with Crippen molar-refractivity contribution < 1.29 is 4.79 Å². The highest BCUT2D eigenvalue weighted by Gasteiger charge is 2.27. The summed E-state index contributed by atoms with van der Waals surface area (Å²) in [4.78, 5) is 25.8. The fourth-order valence-electron chi connectivity index (χ4n) is 4.73. The second-order valence-electron chi connectivity index (χ2n) is 9.69. The fourth-order valence-corrected chi connectivity index (χ4v) is 5.20. The minimum atomic E-state index is -0.278. The summed E-state index contributed by atoms with van der Waals surface area (Å²) in [5.41, 5.74) is 5.71. The van der Waals surface area contributed by atoms with Crippen LogP contribution in [0.4, 0.5) is 11.4 Å². The number of halogens is 2. The summed E-state index contributed by atoms with van der Waals surface area (Å²) in [7, 11) is 2.16. The number of aromatic nitrogens is 2. The number of aromatic amines is 1. The third-order valence-electron chi connectivity index (χ3n) is 7.04. The van der Waals surface area contributed by atoms with E-state index in [2.05, 4.69) is 46.0 Å². The van der Waals surface area contributed by atoms with E-state index in [-0.39, 0.29) is 5.91 Å². The molecule has 2 N–H and O–H groups in total. The molecular formula is C28H29Cl2N5O. The molecule has 1 amide bonds. The van der Waals surface area contributed by atoms with Crippen LogP contribution < -0.4 is 10.2 Å². The standard InChI is InChI=1S/C28H29Cl2N5O/c1-16-5-10-25-26(11-16)33-27(32-25)22-12-19(6-9-23(22)29)31-28(36)21-8-7-20(13-24(21)30)35-14-17(2)34(4)18(3)15-35/h5-13,17-18H,14-15H2,1-4H3,(H,31,36)(H,32,33)/t17-,18+. The van der Waals surface area contributed by atoms with Gasteiger partial charge in [-0.05, 0) is 81.9 Å². The van der Waals surface area contributed by atoms with E-state index in [0.29, 0.717) is 44.8 Å². The largest absolute Gasteiger partial charge is 0.368 e. The second kappa shape index (κ2) is 9.77. The van der Waals surface area contributed by atoms with Gasteiger partial charge in [0.2, 0.25) is 0 Å². The van der Waals surface area contributed by atoms with Gasteiger partial charge in [0.15, 0.2) is 0 Å². The lowest BCUT2D eigenvalue weighted by Crippen LogP contribution is -2.55. The predicted octanol–water partition coefficient (Wildman–Crippen LogP) is 6.63. The number of carbonyl (C=O) groups is 1. The first-order chi connectivity index (χ1) is 17.2. The van der Waals surface area contributed by atoms with E-state index in [1.807, 2.05) is 43.3 Å². The fraction of sp³-hybridized carbons (Fsp3) is 0.286. The number of nitrogens with zero attached hydrogens (tertiary/aromatic N) is 3. The average molecular weight is 522 g/mol. The van der Waals surface area contributed by atoms with Crippen molar-refractivity contribution in [2.24, 2.45) is 0 Å². The number of carbonyl (C=O) groups excluding carboxylic acids is 1. The third-order valence-corrected chi connectivity index (χ3v) is 7.68. The Morgan fingerprint density at radius 1 is 1.00 bits per heavy atom. The summed E-state index contributed by atoms with van der Waals surface area (Å²) < 4.78 is 0. The summed E-state index contributed by atoms with van der Waals surface area (Å²) in [6.07, 6.45) is 0. The van der Waals surface area contributed by atoms with E-state index in [4.69, 9.17) is 23.2 Å². The molecule has 2 atom stereocenters. The number of hydrogen-bond acceptors (Lipinski definition) is 4. The first-order valence-electron chi connectivity index (χ1n) is 12.0. The van der Waals surface area contributed by atoms with Crippen LogP contribution in [0.2, 0.25) is 10.0 Å². The molecule has 36 heavy (non-hydrogen) atoms. The van der Waals surface area contributed by atoms with E-state index in [9.17, 15) is 4.79 Å². The number of fused-ring (bicyclic) bond motifs is 1. The van der Waals surface area contributed by atoms with E-state index >= 15 is 0 Å². The molecule has 3 aromatic carbocycles. The molecule has 186 valence electrons. The Morgan fingerprint density at radius 2 is 1.75 bits per heavy atom. The summed E-state index contributed by atoms with van der Waals surface area (Å²) in [6.45, 7) is 8.31. The van der Waals surface area contributed by atoms with Crippen molar-refractivity contribution in [2.45, 2.75) is 32.9 Å². The third kappa shape index (κ3) is 4.81. The zero-order valence-corrected chi connectivity index (χ0v) is 22.3. The van der Waals surface area contributed by atoms with E-state index < -0.39 is 0 Å². The number of imidazole rings is 1. The van der Waals surface area contributed by atoms with Crippen LogP contribution in [0.5, 0.6) is 0 Å². The Kier molecular flexibility index (Phi) is 6.68. The van der Waals surface area contributed by atoms with Crippen molar-refractivity contribution in [1.29, 1.82) is 0 Å². The van der Waals surface area contributed by atoms with Gasteiger partial charge in [0.05, 0.1) is 26.6 Å². The highest BCUT2D eigenvalue weighted by molar-refractivity contribution is 6.35. The van der Waals surface area contributed by atoms with Gasteiger partial charge in [-0.15, -0.1) is 0 Å². The maximum absolute atomic E-state index is 13.1. The van der Waals surface area contributed by atoms with Crippen LogP contribution in [0, 0.1) is 6.92 Å². The van der Waals surface area contributed by atoms with Crippen molar-refractivity contribution in [3.8, 4) is 11.4 Å². The maximum Gasteiger partial charge on any atom is 0.257 e. The monoisotopic (exact) mass is 521 g/mol. The molecule has 1 aliphatic heterocycles. The van der Waals surface area contributed by atoms with Crippen molar-refractivity contribution >= 4 is 51.5 Å². The predicted molar refractivity (Wildman–Crippen MR) is 150 cm³/mol. The average Bonchev–Trinajstić information content (AvgIpc) is 3.26. The van der Waals surface area contributed by atoms with Crippen molar-refractivity contribution in [3.05, 3.63) is 75.8 Å². The van der Waals surface area contributed by atoms with Crippen molar-refractivity contribution in [3.63, 3.8) is 0 Å². The second-order valence-corrected chi connectivity index (χ2v) is 10.5. The number of anilines is 2. The normalized spacial score (nSPS) is 18.6. The van der Waals surface area contributed by atoms with Gasteiger partial charge in [0.1, 0.15) is 5.82 Å². The van der Waals surface area contributed by atoms with E-state index in [1.165, 1.54) is 0 Å². The topological polar surface area (TPSA) is 64.3 Å². The molecule has 5 rings (SSSR count). The molecule has 6 nitrogen and oxygen atoms in total. The molecule has 1 aliphatic rings. The molecule has 1 saturated heterocycles. The van der Waals surface area contributed by atoms with Gasteiger partial charge in [-0.25, -0.2) is 4.98 Å². The first kappa shape index (κ1) is 24.6. The van der Waals surface area contributed by atoms with Crippen LogP contribution in [0.15, 0.2) is 54.6 Å². The van der Waals surface area contributed by atoms with E-state index in [0.717, 1.165) is 35.4 Å². The number of benzene rings is 3. The number of hydrogen-bond donors (Lipinski definition) is 2. The highest BCUT2D eigenvalue weighted by atomic mass is 35.5. The molecule has 0 spiro atoms. The molecule has 0 saturated carbocycles. The summed E-state index contributed by atoms with van der Waals surface area (Å²) in [6, 6.07) is 17.9. The molecule has 2 heterocycles. The summed E-state index contributed by atoms with van der Waals surface area (Å²) in [5, 5.41) is 3.92. The van der Waals surface area contributed by atoms with Crippen LogP contribution in [-0.2, 0) is 0 Å². The first-order valence-corrected chi connectivity index (χ1v) is 12.8. The molecule has 1 fully saturated rings. The van der Waals surface area contributed by atoms with E-state index in [1.54, 1.807) is 18.2 Å². The molecule has 0 radical (unpaired) electrons. The molecule has 0 aliphatic carbocycles. The molecule has 1 aromatic heterocycles. The number of amides is 1. The molecule has 8 heteroatoms. The van der Waals surface area contributed by atoms with Gasteiger partial charge in [0.25, 0.3) is 5.91 Å². The van der Waals surface area contributed by atoms with Crippen LogP contribution in [0.3, 0.4) is 0 Å². The Morgan fingerprint density at radius 3 is 2.47 bits per heavy atom. The minimum absolute atomic E-state index is 0.278. The molecule has 0 unspecified atom stereocenters. The van der Waals surface area contributed by atoms with Crippen molar-refractivity contribution in [2.75, 3.05) is 30.4 Å². The number of likely N-dealkylation sites (N-methyl/N-ethyl adjacent to an activating group) is 1. The van der Waals surface area contributed by atoms with Crippen LogP contribution >= 0.6 is 23.2 Å². The Balaban J connectivity index is 1.36. The van der Waals surface area contributed by atoms with Crippen molar-refractivity contribution in [1.82, 2.24) is 14.9 Å². The SMILES string of the molecule is Cc1ccc2nc(-c3cc(NC(=O)c4ccc(N5C[C@@H](C)N(C)[C@@H](C)C5)cc4Cl)ccc3Cl)[nH]c2c1. The minimum Gasteiger partial charge on any atom is -0.368 e. The highest BCUT2D eigenvalue weighted by Crippen LogP contribution is 2.32. The van der Waals surface area contributed by atoms with Gasteiger partial charge in [0, 0.05) is 42.1 Å². The quantitative estimate of drug-likeness (QED) is 0.316. The Bertz CT molecular complexity index is 1440. The van der Waals surface area contributed by atoms with Gasteiger partial charge in [-0.1, -0.05) is 29.3 Å². The smallest absolute Gasteiger partial charge is 0.257 e. The lowest BCUT2D eigenvalue weighted by Gasteiger charge is -2.43. The molecule has 4 aromatic rings. The van der Waals surface area contributed by atoms with Gasteiger partial charge in [-0.2, -0.15) is 0 Å². The van der Waals surface area contributed by atoms with Crippen LogP contribution in [0.25, 0.3) is 22.4 Å². The van der Waals surface area contributed by atoms with Gasteiger partial charge in [-0.3, -0.25) is 9.69 Å². The zero-order valence-electron chi connectivity index (χ0n) is 20.8. The number of H-pyrrole nitrogens is 1. The Labute approximate surface area is 221 Å². The van der Waals surface area contributed by atoms with Crippen LogP contribution in [-0.4, -0.2) is 53.0 Å².